The minimum Gasteiger partial charge on any atom is -0.495 e. The number of methoxy groups -OCH3 is 2. The van der Waals surface area contributed by atoms with Crippen LogP contribution in [0.1, 0.15) is 33.0 Å². The van der Waals surface area contributed by atoms with Gasteiger partial charge in [-0.2, -0.15) is 0 Å². The number of fused-ring (bicyclic) bond motifs is 1. The third-order valence-corrected chi connectivity index (χ3v) is 7.02. The molecule has 7 nitrogen and oxygen atoms in total. The molecule has 3 aromatic rings. The van der Waals surface area contributed by atoms with Gasteiger partial charge in [-0.05, 0) is 50.8 Å². The van der Waals surface area contributed by atoms with Crippen LogP contribution in [0.2, 0.25) is 10.0 Å². The third kappa shape index (κ3) is 5.85. The summed E-state index contributed by atoms with van der Waals surface area (Å²) in [6.45, 7) is 5.17. The average Bonchev–Trinajstić information content (AvgIpc) is 3.26. The van der Waals surface area contributed by atoms with Gasteiger partial charge in [0.15, 0.2) is 0 Å². The Labute approximate surface area is 225 Å². The van der Waals surface area contributed by atoms with Crippen molar-refractivity contribution < 1.29 is 23.4 Å². The van der Waals surface area contributed by atoms with Crippen molar-refractivity contribution in [1.82, 2.24) is 14.9 Å². The van der Waals surface area contributed by atoms with Crippen molar-refractivity contribution in [2.75, 3.05) is 27.4 Å². The van der Waals surface area contributed by atoms with E-state index in [1.807, 2.05) is 18.2 Å². The number of carbonyl (C=O) groups is 1. The van der Waals surface area contributed by atoms with Crippen LogP contribution >= 0.6 is 23.2 Å². The predicted molar refractivity (Wildman–Crippen MR) is 143 cm³/mol. The number of hydrogen-bond donors (Lipinski definition) is 0. The first-order chi connectivity index (χ1) is 17.5. The maximum Gasteiger partial charge on any atom is 0.410 e. The van der Waals surface area contributed by atoms with E-state index in [0.717, 1.165) is 16.5 Å². The molecule has 2 heterocycles. The fourth-order valence-electron chi connectivity index (χ4n) is 4.57. The van der Waals surface area contributed by atoms with Gasteiger partial charge in [-0.1, -0.05) is 29.3 Å². The number of benzene rings is 2. The molecule has 1 fully saturated rings. The molecule has 2 atom stereocenters. The fourth-order valence-corrected chi connectivity index (χ4v) is 5.29. The fraction of sp³-hybridized carbons (Fsp3) is 0.444. The molecule has 1 aliphatic heterocycles. The van der Waals surface area contributed by atoms with Crippen molar-refractivity contribution in [3.8, 4) is 22.6 Å². The number of aromatic nitrogens is 2. The van der Waals surface area contributed by atoms with Crippen LogP contribution in [0.25, 0.3) is 22.0 Å². The normalized spacial score (nSPS) is 17.8. The standard InChI is InChI=1S/C27H30Cl2FN3O4/c1-27(2,3)37-26(34)33-14-15(8-18(33)12-30)9-22-31-13-17-10-16(6-7-19(17)32-22)23-24(28)20(35-4)11-21(36-5)25(23)29/h6-7,10-11,13,15,18H,8-9,12,14H2,1-5H3/t15-,18+/m1/s1. The van der Waals surface area contributed by atoms with E-state index in [1.165, 1.54) is 19.1 Å². The van der Waals surface area contributed by atoms with Gasteiger partial charge in [0, 0.05) is 36.2 Å². The van der Waals surface area contributed by atoms with Crippen LogP contribution in [0.15, 0.2) is 30.5 Å². The number of hydrogen-bond acceptors (Lipinski definition) is 6. The van der Waals surface area contributed by atoms with Gasteiger partial charge in [-0.3, -0.25) is 0 Å². The minimum absolute atomic E-state index is 0.0341. The topological polar surface area (TPSA) is 73.8 Å². The Morgan fingerprint density at radius 2 is 1.81 bits per heavy atom. The van der Waals surface area contributed by atoms with E-state index in [0.29, 0.717) is 52.3 Å². The molecule has 1 aromatic heterocycles. The van der Waals surface area contributed by atoms with Gasteiger partial charge in [0.05, 0.1) is 35.8 Å². The highest BCUT2D eigenvalue weighted by Gasteiger charge is 2.37. The first-order valence-electron chi connectivity index (χ1n) is 12.0. The van der Waals surface area contributed by atoms with Gasteiger partial charge in [0.2, 0.25) is 0 Å². The van der Waals surface area contributed by atoms with Gasteiger partial charge in [-0.25, -0.2) is 19.2 Å². The van der Waals surface area contributed by atoms with E-state index in [-0.39, 0.29) is 5.92 Å². The summed E-state index contributed by atoms with van der Waals surface area (Å²) < 4.78 is 29.9. The Morgan fingerprint density at radius 3 is 2.41 bits per heavy atom. The molecule has 1 saturated heterocycles. The summed E-state index contributed by atoms with van der Waals surface area (Å²) >= 11 is 13.2. The number of rotatable bonds is 6. The van der Waals surface area contributed by atoms with E-state index < -0.39 is 24.4 Å². The van der Waals surface area contributed by atoms with Crippen LogP contribution < -0.4 is 9.47 Å². The van der Waals surface area contributed by atoms with Crippen LogP contribution in [-0.4, -0.2) is 60.0 Å². The van der Waals surface area contributed by atoms with Crippen LogP contribution in [0.4, 0.5) is 9.18 Å². The van der Waals surface area contributed by atoms with E-state index in [2.05, 4.69) is 4.98 Å². The molecule has 10 heteroatoms. The Morgan fingerprint density at radius 1 is 1.14 bits per heavy atom. The number of nitrogens with zero attached hydrogens (tertiary/aromatic N) is 3. The molecular weight excluding hydrogens is 520 g/mol. The van der Waals surface area contributed by atoms with E-state index in [9.17, 15) is 9.18 Å². The Kier molecular flexibility index (Phi) is 7.99. The minimum atomic E-state index is -0.638. The van der Waals surface area contributed by atoms with Crippen LogP contribution in [0, 0.1) is 5.92 Å². The number of likely N-dealkylation sites (tertiary alicyclic amines) is 1. The quantitative estimate of drug-likeness (QED) is 0.338. The second kappa shape index (κ2) is 10.9. The van der Waals surface area contributed by atoms with Gasteiger partial charge >= 0.3 is 6.09 Å². The lowest BCUT2D eigenvalue weighted by Gasteiger charge is -2.27. The summed E-state index contributed by atoms with van der Waals surface area (Å²) in [5, 5.41) is 1.56. The lowest BCUT2D eigenvalue weighted by molar-refractivity contribution is 0.0203. The summed E-state index contributed by atoms with van der Waals surface area (Å²) in [6.07, 6.45) is 2.31. The van der Waals surface area contributed by atoms with Crippen molar-refractivity contribution in [2.45, 2.75) is 45.3 Å². The maximum absolute atomic E-state index is 13.7. The molecule has 0 radical (unpaired) electrons. The molecule has 198 valence electrons. The first kappa shape index (κ1) is 27.2. The van der Waals surface area contributed by atoms with Gasteiger partial charge in [0.25, 0.3) is 0 Å². The molecule has 1 aliphatic rings. The Hall–Kier alpha value is -2.84. The van der Waals surface area contributed by atoms with Crippen molar-refractivity contribution in [1.29, 1.82) is 0 Å². The molecule has 0 spiro atoms. The average molecular weight is 550 g/mol. The summed E-state index contributed by atoms with van der Waals surface area (Å²) in [6, 6.07) is 6.80. The number of carbonyl (C=O) groups excluding carboxylic acids is 1. The molecule has 1 amide bonds. The van der Waals surface area contributed by atoms with Crippen molar-refractivity contribution in [3.05, 3.63) is 46.3 Å². The molecule has 0 N–H and O–H groups in total. The lowest BCUT2D eigenvalue weighted by atomic mass is 10.0. The van der Waals surface area contributed by atoms with Crippen molar-refractivity contribution in [2.24, 2.45) is 5.92 Å². The van der Waals surface area contributed by atoms with E-state index in [4.69, 9.17) is 42.4 Å². The molecule has 37 heavy (non-hydrogen) atoms. The highest BCUT2D eigenvalue weighted by Crippen LogP contribution is 2.46. The summed E-state index contributed by atoms with van der Waals surface area (Å²) in [4.78, 5) is 23.3. The van der Waals surface area contributed by atoms with Crippen molar-refractivity contribution in [3.63, 3.8) is 0 Å². The number of amides is 1. The van der Waals surface area contributed by atoms with Crippen LogP contribution in [0.5, 0.6) is 11.5 Å². The molecule has 4 rings (SSSR count). The maximum atomic E-state index is 13.7. The Balaban J connectivity index is 1.56. The van der Waals surface area contributed by atoms with E-state index >= 15 is 0 Å². The highest BCUT2D eigenvalue weighted by molar-refractivity contribution is 6.41. The molecular formula is C27H30Cl2FN3O4. The van der Waals surface area contributed by atoms with Crippen molar-refractivity contribution >= 4 is 40.2 Å². The highest BCUT2D eigenvalue weighted by atomic mass is 35.5. The van der Waals surface area contributed by atoms with Gasteiger partial charge < -0.3 is 19.1 Å². The van der Waals surface area contributed by atoms with Gasteiger partial charge in [-0.15, -0.1) is 0 Å². The number of alkyl halides is 1. The molecule has 0 saturated carbocycles. The zero-order chi connectivity index (χ0) is 26.9. The summed E-state index contributed by atoms with van der Waals surface area (Å²) in [5.74, 6) is 1.57. The smallest absolute Gasteiger partial charge is 0.410 e. The van der Waals surface area contributed by atoms with Crippen LogP contribution in [0.3, 0.4) is 0 Å². The van der Waals surface area contributed by atoms with Crippen LogP contribution in [-0.2, 0) is 11.2 Å². The second-order valence-electron chi connectivity index (χ2n) is 10.1. The molecule has 2 aromatic carbocycles. The summed E-state index contributed by atoms with van der Waals surface area (Å²) in [5.41, 5.74) is 1.47. The predicted octanol–water partition coefficient (Wildman–Crippen LogP) is 6.76. The second-order valence-corrected chi connectivity index (χ2v) is 10.8. The number of ether oxygens (including phenoxy) is 3. The summed E-state index contributed by atoms with van der Waals surface area (Å²) in [7, 11) is 3.06. The largest absolute Gasteiger partial charge is 0.495 e. The lowest BCUT2D eigenvalue weighted by Crippen LogP contribution is -2.40. The Bertz CT molecular complexity index is 1290. The monoisotopic (exact) mass is 549 g/mol. The molecule has 0 bridgehead atoms. The zero-order valence-corrected chi connectivity index (χ0v) is 23.0. The number of halogens is 3. The zero-order valence-electron chi connectivity index (χ0n) is 21.5. The molecule has 0 unspecified atom stereocenters. The first-order valence-corrected chi connectivity index (χ1v) is 12.7. The molecule has 0 aliphatic carbocycles. The SMILES string of the molecule is COc1cc(OC)c(Cl)c(-c2ccc3nc(C[C@H]4C[C@@H](CF)N(C(=O)OC(C)(C)C)C4)ncc3c2)c1Cl. The van der Waals surface area contributed by atoms with E-state index in [1.54, 1.807) is 33.0 Å². The van der Waals surface area contributed by atoms with Gasteiger partial charge in [0.1, 0.15) is 29.6 Å². The third-order valence-electron chi connectivity index (χ3n) is 6.27.